The van der Waals surface area contributed by atoms with Crippen LogP contribution in [0.1, 0.15) is 28.3 Å². The predicted octanol–water partition coefficient (Wildman–Crippen LogP) is 6.95. The number of rotatable bonds is 6. The van der Waals surface area contributed by atoms with Gasteiger partial charge in [0.05, 0.1) is 21.8 Å². The number of carbonyl (C=O) groups excluding carboxylic acids is 2. The molecule has 1 atom stereocenters. The highest BCUT2D eigenvalue weighted by atomic mass is 32.1. The van der Waals surface area contributed by atoms with E-state index in [4.69, 9.17) is 4.74 Å². The van der Waals surface area contributed by atoms with E-state index in [9.17, 15) is 19.1 Å². The molecule has 0 saturated carbocycles. The second-order valence-electron chi connectivity index (χ2n) is 9.49. The molecule has 198 valence electrons. The fourth-order valence-electron chi connectivity index (χ4n) is 4.75. The Labute approximate surface area is 233 Å². The van der Waals surface area contributed by atoms with Crippen LogP contribution in [0.4, 0.5) is 9.52 Å². The summed E-state index contributed by atoms with van der Waals surface area (Å²) in [6.45, 7) is 2.30. The number of fused-ring (bicyclic) bond motifs is 1. The molecule has 6 nitrogen and oxygen atoms in total. The first-order valence-corrected chi connectivity index (χ1v) is 13.4. The average molecular weight is 551 g/mol. The maximum Gasteiger partial charge on any atom is 0.301 e. The van der Waals surface area contributed by atoms with Crippen LogP contribution in [-0.2, 0) is 16.2 Å². The molecule has 0 radical (unpaired) electrons. The van der Waals surface area contributed by atoms with E-state index >= 15 is 0 Å². The zero-order valence-corrected chi connectivity index (χ0v) is 22.2. The summed E-state index contributed by atoms with van der Waals surface area (Å²) in [5.74, 6) is -1.99. The molecule has 8 heteroatoms. The van der Waals surface area contributed by atoms with Gasteiger partial charge in [-0.25, -0.2) is 9.37 Å². The van der Waals surface area contributed by atoms with E-state index in [1.165, 1.54) is 40.5 Å². The first-order valence-electron chi connectivity index (χ1n) is 12.6. The molecule has 4 aromatic carbocycles. The van der Waals surface area contributed by atoms with Crippen molar-refractivity contribution in [3.63, 3.8) is 0 Å². The summed E-state index contributed by atoms with van der Waals surface area (Å²) in [6.07, 6.45) is 0. The number of anilines is 1. The fourth-order valence-corrected chi connectivity index (χ4v) is 5.84. The SMILES string of the molecule is Cc1ccc2nc(N3C(=O)C(=O)/C(=C(/O)c4ccc(F)cc4)C3c3cccc(OCc4ccccc4)c3)sc2c1. The van der Waals surface area contributed by atoms with E-state index < -0.39 is 29.3 Å². The molecule has 1 N–H and O–H groups in total. The number of aliphatic hydroxyl groups is 1. The number of hydrogen-bond donors (Lipinski definition) is 1. The number of aromatic nitrogens is 1. The lowest BCUT2D eigenvalue weighted by Gasteiger charge is -2.23. The fraction of sp³-hybridized carbons (Fsp3) is 0.0938. The van der Waals surface area contributed by atoms with Crippen LogP contribution in [0.25, 0.3) is 16.0 Å². The van der Waals surface area contributed by atoms with Crippen molar-refractivity contribution in [1.82, 2.24) is 4.98 Å². The minimum atomic E-state index is -0.980. The van der Waals surface area contributed by atoms with Crippen molar-refractivity contribution in [3.05, 3.63) is 131 Å². The third kappa shape index (κ3) is 4.74. The summed E-state index contributed by atoms with van der Waals surface area (Å²) in [5, 5.41) is 11.6. The highest BCUT2D eigenvalue weighted by molar-refractivity contribution is 7.22. The van der Waals surface area contributed by atoms with E-state index in [0.717, 1.165) is 15.8 Å². The summed E-state index contributed by atoms with van der Waals surface area (Å²) >= 11 is 1.29. The Bertz CT molecular complexity index is 1780. The Morgan fingerprint density at radius 2 is 1.75 bits per heavy atom. The highest BCUT2D eigenvalue weighted by Crippen LogP contribution is 2.45. The van der Waals surface area contributed by atoms with Gasteiger partial charge in [0.25, 0.3) is 5.78 Å². The summed E-state index contributed by atoms with van der Waals surface area (Å²) in [7, 11) is 0. The monoisotopic (exact) mass is 550 g/mol. The van der Waals surface area contributed by atoms with Gasteiger partial charge in [-0.2, -0.15) is 0 Å². The van der Waals surface area contributed by atoms with Crippen molar-refractivity contribution in [1.29, 1.82) is 0 Å². The van der Waals surface area contributed by atoms with Gasteiger partial charge in [0.2, 0.25) is 0 Å². The van der Waals surface area contributed by atoms with Gasteiger partial charge in [-0.05, 0) is 72.1 Å². The molecular formula is C32H23FN2O4S. The topological polar surface area (TPSA) is 79.7 Å². The van der Waals surface area contributed by atoms with Gasteiger partial charge in [-0.15, -0.1) is 0 Å². The Hall–Kier alpha value is -4.82. The number of aryl methyl sites for hydroxylation is 1. The number of halogens is 1. The van der Waals surface area contributed by atoms with Crippen LogP contribution in [0.3, 0.4) is 0 Å². The second kappa shape index (κ2) is 10.4. The number of amides is 1. The average Bonchev–Trinajstić information content (AvgIpc) is 3.50. The molecule has 1 aliphatic heterocycles. The Kier molecular flexibility index (Phi) is 6.61. The molecule has 40 heavy (non-hydrogen) atoms. The lowest BCUT2D eigenvalue weighted by atomic mass is 9.95. The van der Waals surface area contributed by atoms with E-state index in [-0.39, 0.29) is 11.1 Å². The third-order valence-corrected chi connectivity index (χ3v) is 7.74. The van der Waals surface area contributed by atoms with Gasteiger partial charge in [0, 0.05) is 5.56 Å². The molecule has 0 bridgehead atoms. The molecule has 6 rings (SSSR count). The van der Waals surface area contributed by atoms with Crippen molar-refractivity contribution < 1.29 is 23.8 Å². The Balaban J connectivity index is 1.47. The van der Waals surface area contributed by atoms with Gasteiger partial charge in [0.15, 0.2) is 5.13 Å². The largest absolute Gasteiger partial charge is 0.507 e. The van der Waals surface area contributed by atoms with Gasteiger partial charge in [-0.3, -0.25) is 14.5 Å². The van der Waals surface area contributed by atoms with E-state index in [1.54, 1.807) is 24.3 Å². The van der Waals surface area contributed by atoms with Crippen LogP contribution in [-0.4, -0.2) is 21.8 Å². The zero-order valence-electron chi connectivity index (χ0n) is 21.4. The van der Waals surface area contributed by atoms with Gasteiger partial charge < -0.3 is 9.84 Å². The summed E-state index contributed by atoms with van der Waals surface area (Å²) in [5.41, 5.74) is 3.41. The number of carbonyl (C=O) groups is 2. The molecule has 1 unspecified atom stereocenters. The van der Waals surface area contributed by atoms with Crippen LogP contribution < -0.4 is 9.64 Å². The molecule has 5 aromatic rings. The number of Topliss-reactive ketones (excluding diaryl/α,β-unsaturated/α-hetero) is 1. The van der Waals surface area contributed by atoms with Crippen LogP contribution in [0.2, 0.25) is 0 Å². The third-order valence-electron chi connectivity index (χ3n) is 6.72. The molecule has 2 heterocycles. The number of nitrogens with zero attached hydrogens (tertiary/aromatic N) is 2. The highest BCUT2D eigenvalue weighted by Gasteiger charge is 2.48. The molecular weight excluding hydrogens is 527 g/mol. The number of benzene rings is 4. The number of aliphatic hydroxyl groups excluding tert-OH is 1. The van der Waals surface area contributed by atoms with Gasteiger partial charge in [0.1, 0.15) is 23.9 Å². The number of hydrogen-bond acceptors (Lipinski definition) is 6. The second-order valence-corrected chi connectivity index (χ2v) is 10.5. The number of ether oxygens (including phenoxy) is 1. The molecule has 1 fully saturated rings. The van der Waals surface area contributed by atoms with E-state index in [2.05, 4.69) is 4.98 Å². The number of thiazole rings is 1. The van der Waals surface area contributed by atoms with Crippen molar-refractivity contribution in [2.24, 2.45) is 0 Å². The van der Waals surface area contributed by atoms with Crippen LogP contribution in [0, 0.1) is 12.7 Å². The lowest BCUT2D eigenvalue weighted by Crippen LogP contribution is -2.29. The minimum absolute atomic E-state index is 0.104. The quantitative estimate of drug-likeness (QED) is 0.141. The molecule has 0 spiro atoms. The molecule has 1 aromatic heterocycles. The normalized spacial score (nSPS) is 16.6. The lowest BCUT2D eigenvalue weighted by molar-refractivity contribution is -0.132. The maximum atomic E-state index is 13.6. The molecule has 0 aliphatic carbocycles. The smallest absolute Gasteiger partial charge is 0.301 e. The number of ketones is 1. The Morgan fingerprint density at radius 1 is 0.975 bits per heavy atom. The van der Waals surface area contributed by atoms with Crippen LogP contribution in [0.15, 0.2) is 103 Å². The zero-order chi connectivity index (χ0) is 27.8. The van der Waals surface area contributed by atoms with Crippen molar-refractivity contribution in [3.8, 4) is 5.75 Å². The van der Waals surface area contributed by atoms with Crippen LogP contribution in [0.5, 0.6) is 5.75 Å². The first-order chi connectivity index (χ1) is 19.4. The van der Waals surface area contributed by atoms with Gasteiger partial charge in [-0.1, -0.05) is 59.9 Å². The molecule has 1 amide bonds. The van der Waals surface area contributed by atoms with Crippen molar-refractivity contribution in [2.75, 3.05) is 4.90 Å². The minimum Gasteiger partial charge on any atom is -0.507 e. The predicted molar refractivity (Wildman–Crippen MR) is 153 cm³/mol. The van der Waals surface area contributed by atoms with Gasteiger partial charge >= 0.3 is 5.91 Å². The van der Waals surface area contributed by atoms with Crippen LogP contribution >= 0.6 is 11.3 Å². The van der Waals surface area contributed by atoms with E-state index in [0.29, 0.717) is 28.6 Å². The van der Waals surface area contributed by atoms with Crippen molar-refractivity contribution in [2.45, 2.75) is 19.6 Å². The maximum absolute atomic E-state index is 13.6. The molecule has 1 aliphatic rings. The molecule has 1 saturated heterocycles. The standard InChI is InChI=1S/C32H23FN2O4S/c1-19-10-15-25-26(16-19)40-32(34-25)35-28(22-8-5-9-24(17-22)39-18-20-6-3-2-4-7-20)27(30(37)31(35)38)29(36)21-11-13-23(33)14-12-21/h2-17,28,36H,18H2,1H3/b29-27+. The Morgan fingerprint density at radius 3 is 2.52 bits per heavy atom. The van der Waals surface area contributed by atoms with E-state index in [1.807, 2.05) is 55.5 Å². The summed E-state index contributed by atoms with van der Waals surface area (Å²) in [4.78, 5) is 33.0. The van der Waals surface area contributed by atoms with Crippen molar-refractivity contribution >= 4 is 44.1 Å². The summed E-state index contributed by atoms with van der Waals surface area (Å²) < 4.78 is 20.5. The first kappa shape index (κ1) is 25.5. The summed E-state index contributed by atoms with van der Waals surface area (Å²) in [6, 6.07) is 26.7.